The Labute approximate surface area is 60.8 Å². The van der Waals surface area contributed by atoms with Crippen molar-refractivity contribution < 1.29 is 9.31 Å². The Morgan fingerprint density at radius 2 is 2.27 bits per heavy atom. The van der Waals surface area contributed by atoms with Crippen LogP contribution in [-0.2, 0) is 0 Å². The first-order valence-electron chi connectivity index (χ1n) is 2.67. The van der Waals surface area contributed by atoms with E-state index in [0.717, 1.165) is 6.07 Å². The molecule has 1 rings (SSSR count). The van der Waals surface area contributed by atoms with Crippen molar-refractivity contribution in [3.8, 4) is 0 Å². The molecule has 0 unspecified atom stereocenters. The van der Waals surface area contributed by atoms with Crippen LogP contribution in [0.1, 0.15) is 0 Å². The van der Waals surface area contributed by atoms with E-state index in [1.54, 1.807) is 0 Å². The quantitative estimate of drug-likeness (QED) is 0.369. The minimum Gasteiger partial charge on any atom is -0.383 e. The van der Waals surface area contributed by atoms with Gasteiger partial charge in [0.1, 0.15) is 5.82 Å². The van der Waals surface area contributed by atoms with Gasteiger partial charge in [0.05, 0.1) is 17.1 Å². The van der Waals surface area contributed by atoms with E-state index in [-0.39, 0.29) is 5.82 Å². The lowest BCUT2D eigenvalue weighted by molar-refractivity contribution is -0.385. The van der Waals surface area contributed by atoms with Gasteiger partial charge < -0.3 is 5.73 Å². The highest BCUT2D eigenvalue weighted by Gasteiger charge is 2.08. The van der Waals surface area contributed by atoms with Crippen LogP contribution in [-0.4, -0.2) is 9.91 Å². The number of halogens is 1. The Hall–Kier alpha value is -1.72. The molecule has 0 fully saturated rings. The molecule has 2 N–H and O–H groups in total. The van der Waals surface area contributed by atoms with Gasteiger partial charge in [0.15, 0.2) is 0 Å². The van der Waals surface area contributed by atoms with Crippen LogP contribution in [0.15, 0.2) is 12.1 Å². The second-order valence-electron chi connectivity index (χ2n) is 1.83. The summed E-state index contributed by atoms with van der Waals surface area (Å²) in [6.45, 7) is 0. The molecule has 1 aromatic rings. The van der Waals surface area contributed by atoms with E-state index < -0.39 is 16.6 Å². The van der Waals surface area contributed by atoms with Gasteiger partial charge in [-0.2, -0.15) is 4.39 Å². The van der Waals surface area contributed by atoms with Gasteiger partial charge in [0.2, 0.25) is 5.95 Å². The maximum absolute atomic E-state index is 12.3. The second kappa shape index (κ2) is 2.49. The van der Waals surface area contributed by atoms with Gasteiger partial charge in [-0.1, -0.05) is 0 Å². The smallest absolute Gasteiger partial charge is 0.277 e. The fourth-order valence-electron chi connectivity index (χ4n) is 0.609. The predicted octanol–water partition coefficient (Wildman–Crippen LogP) is 0.711. The molecule has 0 saturated heterocycles. The van der Waals surface area contributed by atoms with E-state index in [1.807, 2.05) is 0 Å². The zero-order valence-electron chi connectivity index (χ0n) is 5.32. The molecule has 0 aliphatic carbocycles. The number of nitrogen functional groups attached to an aromatic ring is 1. The van der Waals surface area contributed by atoms with Gasteiger partial charge in [-0.05, 0) is 0 Å². The van der Waals surface area contributed by atoms with Crippen LogP contribution in [0, 0.1) is 16.1 Å². The summed E-state index contributed by atoms with van der Waals surface area (Å²) < 4.78 is 12.3. The van der Waals surface area contributed by atoms with E-state index in [0.29, 0.717) is 6.07 Å². The zero-order valence-corrected chi connectivity index (χ0v) is 5.32. The highest BCUT2D eigenvalue weighted by Crippen LogP contribution is 2.13. The molecule has 0 amide bonds. The fraction of sp³-hybridized carbons (Fsp3) is 0. The Morgan fingerprint density at radius 1 is 1.64 bits per heavy atom. The molecule has 1 aromatic heterocycles. The molecule has 0 aliphatic heterocycles. The molecule has 11 heavy (non-hydrogen) atoms. The molecule has 0 atom stereocenters. The molecule has 0 saturated carbocycles. The number of nitro groups is 1. The molecule has 1 heterocycles. The van der Waals surface area contributed by atoms with Crippen LogP contribution >= 0.6 is 0 Å². The minimum atomic E-state index is -0.947. The zero-order chi connectivity index (χ0) is 8.43. The second-order valence-corrected chi connectivity index (χ2v) is 1.83. The van der Waals surface area contributed by atoms with Crippen molar-refractivity contribution >= 4 is 11.5 Å². The monoisotopic (exact) mass is 157 g/mol. The first kappa shape index (κ1) is 7.39. The van der Waals surface area contributed by atoms with Gasteiger partial charge in [-0.25, -0.2) is 4.98 Å². The van der Waals surface area contributed by atoms with Crippen LogP contribution < -0.4 is 5.73 Å². The van der Waals surface area contributed by atoms with Crippen LogP contribution in [0.3, 0.4) is 0 Å². The average Bonchev–Trinajstić information content (AvgIpc) is 1.85. The lowest BCUT2D eigenvalue weighted by Crippen LogP contribution is -1.96. The van der Waals surface area contributed by atoms with Gasteiger partial charge >= 0.3 is 0 Å². The van der Waals surface area contributed by atoms with E-state index in [4.69, 9.17) is 5.73 Å². The first-order chi connectivity index (χ1) is 5.09. The highest BCUT2D eigenvalue weighted by molar-refractivity contribution is 5.40. The normalized spacial score (nSPS) is 9.55. The number of anilines is 1. The van der Waals surface area contributed by atoms with Crippen LogP contribution in [0.4, 0.5) is 15.9 Å². The molecule has 58 valence electrons. The third kappa shape index (κ3) is 1.60. The van der Waals surface area contributed by atoms with Gasteiger partial charge in [0, 0.05) is 0 Å². The van der Waals surface area contributed by atoms with Crippen molar-refractivity contribution in [3.05, 3.63) is 28.2 Å². The average molecular weight is 157 g/mol. The summed E-state index contributed by atoms with van der Waals surface area (Å²) in [5.74, 6) is -1.14. The van der Waals surface area contributed by atoms with E-state index >= 15 is 0 Å². The number of rotatable bonds is 1. The maximum Gasteiger partial charge on any atom is 0.277 e. The molecular formula is C5H4FN3O2. The number of aromatic nitrogens is 1. The topological polar surface area (TPSA) is 82.0 Å². The van der Waals surface area contributed by atoms with E-state index in [1.165, 1.54) is 0 Å². The molecule has 0 radical (unpaired) electrons. The Kier molecular flexibility index (Phi) is 1.67. The Balaban J connectivity index is 3.19. The summed E-state index contributed by atoms with van der Waals surface area (Å²) in [4.78, 5) is 12.4. The van der Waals surface area contributed by atoms with Crippen LogP contribution in [0.25, 0.3) is 0 Å². The highest BCUT2D eigenvalue weighted by atomic mass is 19.1. The summed E-state index contributed by atoms with van der Waals surface area (Å²) >= 11 is 0. The molecule has 0 spiro atoms. The Morgan fingerprint density at radius 3 is 2.73 bits per heavy atom. The van der Waals surface area contributed by atoms with Crippen LogP contribution in [0.2, 0.25) is 0 Å². The number of nitrogens with two attached hydrogens (primary N) is 1. The molecule has 0 aromatic carbocycles. The molecule has 5 nitrogen and oxygen atoms in total. The van der Waals surface area contributed by atoms with Crippen molar-refractivity contribution in [1.82, 2.24) is 4.98 Å². The standard InChI is InChI=1S/C5H4FN3O2/c6-4-1-3(9(10)11)2-5(7)8-4/h1-2H,(H2,7,8). The van der Waals surface area contributed by atoms with Gasteiger partial charge in [0.25, 0.3) is 5.69 Å². The summed E-state index contributed by atoms with van der Waals surface area (Å²) in [7, 11) is 0. The lowest BCUT2D eigenvalue weighted by atomic mass is 10.4. The number of hydrogen-bond donors (Lipinski definition) is 1. The maximum atomic E-state index is 12.3. The lowest BCUT2D eigenvalue weighted by Gasteiger charge is -1.92. The van der Waals surface area contributed by atoms with Gasteiger partial charge in [-0.15, -0.1) is 0 Å². The first-order valence-corrected chi connectivity index (χ1v) is 2.67. The summed E-state index contributed by atoms with van der Waals surface area (Å²) in [6.07, 6.45) is 0. The van der Waals surface area contributed by atoms with Crippen molar-refractivity contribution in [2.45, 2.75) is 0 Å². The van der Waals surface area contributed by atoms with Crippen molar-refractivity contribution in [1.29, 1.82) is 0 Å². The largest absolute Gasteiger partial charge is 0.383 e. The van der Waals surface area contributed by atoms with E-state index in [2.05, 4.69) is 4.98 Å². The van der Waals surface area contributed by atoms with Gasteiger partial charge in [-0.3, -0.25) is 10.1 Å². The SMILES string of the molecule is Nc1cc([N+](=O)[O-])cc(F)n1. The van der Waals surface area contributed by atoms with Crippen LogP contribution in [0.5, 0.6) is 0 Å². The summed E-state index contributed by atoms with van der Waals surface area (Å²) in [6, 6.07) is 1.69. The predicted molar refractivity (Wildman–Crippen MR) is 35.3 cm³/mol. The number of pyridine rings is 1. The summed E-state index contributed by atoms with van der Waals surface area (Å²) in [5.41, 5.74) is 4.65. The molecule has 0 aliphatic rings. The minimum absolute atomic E-state index is 0.197. The number of hydrogen-bond acceptors (Lipinski definition) is 4. The molecule has 6 heteroatoms. The van der Waals surface area contributed by atoms with Crippen molar-refractivity contribution in [2.75, 3.05) is 5.73 Å². The third-order valence-corrected chi connectivity index (χ3v) is 1.01. The molecule has 0 bridgehead atoms. The number of nitrogens with zero attached hydrogens (tertiary/aromatic N) is 2. The van der Waals surface area contributed by atoms with Crippen molar-refractivity contribution in [2.24, 2.45) is 0 Å². The summed E-state index contributed by atoms with van der Waals surface area (Å²) in [5, 5.41) is 10.1. The molecular weight excluding hydrogens is 153 g/mol. The Bertz CT molecular complexity index is 282. The fourth-order valence-corrected chi connectivity index (χ4v) is 0.609. The van der Waals surface area contributed by atoms with Crippen molar-refractivity contribution in [3.63, 3.8) is 0 Å². The van der Waals surface area contributed by atoms with E-state index in [9.17, 15) is 14.5 Å². The third-order valence-electron chi connectivity index (χ3n) is 1.01.